The molecule has 2 rings (SSSR count). The number of aryl methyl sites for hydroxylation is 1. The van der Waals surface area contributed by atoms with Crippen molar-refractivity contribution in [1.82, 2.24) is 5.32 Å². The molecule has 1 nitrogen and oxygen atoms in total. The molecule has 19 heavy (non-hydrogen) atoms. The van der Waals surface area contributed by atoms with Crippen LogP contribution < -0.4 is 5.32 Å². The van der Waals surface area contributed by atoms with Crippen LogP contribution >= 0.6 is 0 Å². The quantitative estimate of drug-likeness (QED) is 0.759. The summed E-state index contributed by atoms with van der Waals surface area (Å²) in [7, 11) is 0. The lowest BCUT2D eigenvalue weighted by atomic mass is 9.86. The Morgan fingerprint density at radius 1 is 1.16 bits per heavy atom. The summed E-state index contributed by atoms with van der Waals surface area (Å²) >= 11 is 0. The maximum Gasteiger partial charge on any atom is 0.00684 e. The lowest BCUT2D eigenvalue weighted by Gasteiger charge is -2.25. The Bertz CT molecular complexity index is 385. The average molecular weight is 259 g/mol. The molecule has 0 bridgehead atoms. The molecule has 1 aliphatic carbocycles. The van der Waals surface area contributed by atoms with E-state index in [0.29, 0.717) is 11.3 Å². The molecule has 0 atom stereocenters. The smallest absolute Gasteiger partial charge is 0.00684 e. The van der Waals surface area contributed by atoms with Crippen molar-refractivity contribution >= 4 is 0 Å². The molecule has 0 aromatic heterocycles. The van der Waals surface area contributed by atoms with Crippen LogP contribution in [0.25, 0.3) is 0 Å². The highest BCUT2D eigenvalue weighted by Crippen LogP contribution is 2.26. The zero-order valence-electron chi connectivity index (χ0n) is 13.0. The van der Waals surface area contributed by atoms with Crippen LogP contribution in [0.15, 0.2) is 24.3 Å². The number of rotatable bonds is 7. The predicted molar refractivity (Wildman–Crippen MR) is 83.7 cm³/mol. The number of benzene rings is 1. The van der Waals surface area contributed by atoms with Gasteiger partial charge >= 0.3 is 0 Å². The summed E-state index contributed by atoms with van der Waals surface area (Å²) in [6.45, 7) is 10.4. The largest absolute Gasteiger partial charge is 0.313 e. The molecular weight excluding hydrogens is 230 g/mol. The topological polar surface area (TPSA) is 12.0 Å². The van der Waals surface area contributed by atoms with Crippen molar-refractivity contribution in [3.63, 3.8) is 0 Å². The van der Waals surface area contributed by atoms with Crippen LogP contribution in [0.5, 0.6) is 0 Å². The minimum atomic E-state index is 0.402. The second kappa shape index (κ2) is 6.09. The summed E-state index contributed by atoms with van der Waals surface area (Å²) in [5, 5.41) is 3.66. The minimum absolute atomic E-state index is 0.402. The fourth-order valence-electron chi connectivity index (χ4n) is 2.35. The SMILES string of the molecule is CC(C)c1ccc(CCC(C)(C)CNC2CC2)cc1. The van der Waals surface area contributed by atoms with Gasteiger partial charge in [0.05, 0.1) is 0 Å². The van der Waals surface area contributed by atoms with Crippen LogP contribution in [-0.2, 0) is 6.42 Å². The van der Waals surface area contributed by atoms with Crippen molar-refractivity contribution in [3.05, 3.63) is 35.4 Å². The third-order valence-electron chi connectivity index (χ3n) is 4.18. The van der Waals surface area contributed by atoms with Gasteiger partial charge in [-0.1, -0.05) is 52.0 Å². The highest BCUT2D eigenvalue weighted by Gasteiger charge is 2.24. The third kappa shape index (κ3) is 4.99. The van der Waals surface area contributed by atoms with Gasteiger partial charge in [-0.2, -0.15) is 0 Å². The van der Waals surface area contributed by atoms with Gasteiger partial charge in [-0.05, 0) is 48.1 Å². The number of nitrogens with one attached hydrogen (secondary N) is 1. The summed E-state index contributed by atoms with van der Waals surface area (Å²) in [6, 6.07) is 10.0. The molecule has 1 heteroatoms. The maximum absolute atomic E-state index is 3.66. The first-order chi connectivity index (χ1) is 8.96. The summed E-state index contributed by atoms with van der Waals surface area (Å²) in [4.78, 5) is 0. The van der Waals surface area contributed by atoms with Gasteiger partial charge in [0, 0.05) is 12.6 Å². The predicted octanol–water partition coefficient (Wildman–Crippen LogP) is 4.52. The molecule has 0 amide bonds. The summed E-state index contributed by atoms with van der Waals surface area (Å²) in [6.07, 6.45) is 5.21. The first kappa shape index (κ1) is 14.6. The standard InChI is InChI=1S/C18H29N/c1-14(2)16-7-5-15(6-8-16)11-12-18(3,4)13-19-17-9-10-17/h5-8,14,17,19H,9-13H2,1-4H3. The van der Waals surface area contributed by atoms with E-state index < -0.39 is 0 Å². The van der Waals surface area contributed by atoms with Gasteiger partial charge in [-0.15, -0.1) is 0 Å². The van der Waals surface area contributed by atoms with Gasteiger partial charge in [0.15, 0.2) is 0 Å². The molecule has 0 radical (unpaired) electrons. The zero-order valence-corrected chi connectivity index (χ0v) is 13.0. The molecule has 1 aliphatic rings. The monoisotopic (exact) mass is 259 g/mol. The van der Waals surface area contributed by atoms with Crippen molar-refractivity contribution in [1.29, 1.82) is 0 Å². The van der Waals surface area contributed by atoms with Crippen molar-refractivity contribution in [2.45, 2.75) is 65.3 Å². The first-order valence-electron chi connectivity index (χ1n) is 7.78. The molecule has 0 aliphatic heterocycles. The van der Waals surface area contributed by atoms with Gasteiger partial charge in [-0.3, -0.25) is 0 Å². The van der Waals surface area contributed by atoms with Crippen molar-refractivity contribution in [3.8, 4) is 0 Å². The van der Waals surface area contributed by atoms with Crippen molar-refractivity contribution in [2.24, 2.45) is 5.41 Å². The summed E-state index contributed by atoms with van der Waals surface area (Å²) < 4.78 is 0. The number of hydrogen-bond acceptors (Lipinski definition) is 1. The summed E-state index contributed by atoms with van der Waals surface area (Å²) in [5.41, 5.74) is 3.32. The Morgan fingerprint density at radius 3 is 2.32 bits per heavy atom. The lowest BCUT2D eigenvalue weighted by molar-refractivity contribution is 0.313. The van der Waals surface area contributed by atoms with Gasteiger partial charge in [0.1, 0.15) is 0 Å². The molecule has 0 spiro atoms. The molecule has 0 unspecified atom stereocenters. The van der Waals surface area contributed by atoms with E-state index in [1.54, 1.807) is 0 Å². The van der Waals surface area contributed by atoms with E-state index in [4.69, 9.17) is 0 Å². The van der Waals surface area contributed by atoms with Gasteiger partial charge in [0.2, 0.25) is 0 Å². The normalized spacial score (nSPS) is 16.1. The molecule has 1 aromatic rings. The summed E-state index contributed by atoms with van der Waals surface area (Å²) in [5.74, 6) is 0.633. The lowest BCUT2D eigenvalue weighted by Crippen LogP contribution is -2.31. The van der Waals surface area contributed by atoms with Crippen LogP contribution in [0.4, 0.5) is 0 Å². The molecule has 1 saturated carbocycles. The Hall–Kier alpha value is -0.820. The second-order valence-electron chi connectivity index (χ2n) is 7.22. The van der Waals surface area contributed by atoms with E-state index >= 15 is 0 Å². The molecule has 1 N–H and O–H groups in total. The number of hydrogen-bond donors (Lipinski definition) is 1. The van der Waals surface area contributed by atoms with Gasteiger partial charge in [-0.25, -0.2) is 0 Å². The Labute approximate surface area is 118 Å². The van der Waals surface area contributed by atoms with E-state index in [1.807, 2.05) is 0 Å². The zero-order chi connectivity index (χ0) is 13.9. The van der Waals surface area contributed by atoms with Crippen LogP contribution in [0, 0.1) is 5.41 Å². The average Bonchev–Trinajstić information content (AvgIpc) is 3.19. The molecular formula is C18H29N. The van der Waals surface area contributed by atoms with Crippen LogP contribution in [-0.4, -0.2) is 12.6 Å². The molecule has 1 fully saturated rings. The van der Waals surface area contributed by atoms with Crippen LogP contribution in [0.3, 0.4) is 0 Å². The second-order valence-corrected chi connectivity index (χ2v) is 7.22. The molecule has 0 saturated heterocycles. The molecule has 1 aromatic carbocycles. The Morgan fingerprint density at radius 2 is 1.79 bits per heavy atom. The van der Waals surface area contributed by atoms with E-state index in [-0.39, 0.29) is 0 Å². The Kier molecular flexibility index (Phi) is 4.67. The first-order valence-corrected chi connectivity index (χ1v) is 7.78. The van der Waals surface area contributed by atoms with Gasteiger partial charge < -0.3 is 5.32 Å². The van der Waals surface area contributed by atoms with Gasteiger partial charge in [0.25, 0.3) is 0 Å². The van der Waals surface area contributed by atoms with Crippen molar-refractivity contribution in [2.75, 3.05) is 6.54 Å². The van der Waals surface area contributed by atoms with E-state index in [2.05, 4.69) is 57.3 Å². The van der Waals surface area contributed by atoms with E-state index in [0.717, 1.165) is 12.6 Å². The van der Waals surface area contributed by atoms with E-state index in [1.165, 1.54) is 36.8 Å². The van der Waals surface area contributed by atoms with E-state index in [9.17, 15) is 0 Å². The van der Waals surface area contributed by atoms with Crippen LogP contribution in [0.2, 0.25) is 0 Å². The highest BCUT2D eigenvalue weighted by molar-refractivity contribution is 5.24. The van der Waals surface area contributed by atoms with Crippen LogP contribution in [0.1, 0.15) is 64.0 Å². The Balaban J connectivity index is 1.79. The maximum atomic E-state index is 3.66. The third-order valence-corrected chi connectivity index (χ3v) is 4.18. The fraction of sp³-hybridized carbons (Fsp3) is 0.667. The highest BCUT2D eigenvalue weighted by atomic mass is 15.0. The molecule has 106 valence electrons. The fourth-order valence-corrected chi connectivity index (χ4v) is 2.35. The van der Waals surface area contributed by atoms with Crippen molar-refractivity contribution < 1.29 is 0 Å². The minimum Gasteiger partial charge on any atom is -0.313 e. The molecule has 0 heterocycles.